The summed E-state index contributed by atoms with van der Waals surface area (Å²) in [4.78, 5) is 15.5. The number of furan rings is 1. The standard InChI is InChI=1S/C23H28N4O3S/c1-15-10-18(11-16(2)22(15)29-4)21(28)17-6-5-9-27(12-17)13-19-7-8-20(30-19)31-23-25-24-14-26(23)3/h7-8,10-11,14,17H,5-6,9,12-13H2,1-4H3/t17-/m0/s1. The highest BCUT2D eigenvalue weighted by atomic mass is 32.2. The highest BCUT2D eigenvalue weighted by Gasteiger charge is 2.28. The molecule has 3 heterocycles. The summed E-state index contributed by atoms with van der Waals surface area (Å²) in [5.74, 6) is 1.98. The summed E-state index contributed by atoms with van der Waals surface area (Å²) >= 11 is 1.45. The van der Waals surface area contributed by atoms with Crippen molar-refractivity contribution in [2.45, 2.75) is 43.5 Å². The Morgan fingerprint density at radius 1 is 1.29 bits per heavy atom. The van der Waals surface area contributed by atoms with Crippen LogP contribution in [-0.4, -0.2) is 45.6 Å². The molecule has 0 unspecified atom stereocenters. The van der Waals surface area contributed by atoms with E-state index in [1.54, 1.807) is 13.4 Å². The quantitative estimate of drug-likeness (QED) is 0.508. The lowest BCUT2D eigenvalue weighted by atomic mass is 9.88. The number of carbonyl (C=O) groups is 1. The first-order chi connectivity index (χ1) is 14.9. The zero-order valence-electron chi connectivity index (χ0n) is 18.4. The fourth-order valence-corrected chi connectivity index (χ4v) is 4.98. The minimum absolute atomic E-state index is 0.00314. The zero-order chi connectivity index (χ0) is 22.0. The van der Waals surface area contributed by atoms with Gasteiger partial charge in [0.25, 0.3) is 0 Å². The van der Waals surface area contributed by atoms with Crippen LogP contribution in [0.5, 0.6) is 5.75 Å². The Labute approximate surface area is 186 Å². The summed E-state index contributed by atoms with van der Waals surface area (Å²) in [6, 6.07) is 7.87. The van der Waals surface area contributed by atoms with Crippen molar-refractivity contribution in [2.75, 3.05) is 20.2 Å². The molecule has 0 bridgehead atoms. The Kier molecular flexibility index (Phi) is 6.48. The fraction of sp³-hybridized carbons (Fsp3) is 0.435. The van der Waals surface area contributed by atoms with E-state index in [9.17, 15) is 4.79 Å². The van der Waals surface area contributed by atoms with Crippen molar-refractivity contribution in [3.63, 3.8) is 0 Å². The Bertz CT molecular complexity index is 1050. The zero-order valence-corrected chi connectivity index (χ0v) is 19.2. The Balaban J connectivity index is 1.40. The summed E-state index contributed by atoms with van der Waals surface area (Å²) in [5.41, 5.74) is 2.78. The number of rotatable bonds is 7. The first kappa shape index (κ1) is 21.6. The molecular formula is C23H28N4O3S. The van der Waals surface area contributed by atoms with Crippen LogP contribution in [0.4, 0.5) is 0 Å². The van der Waals surface area contributed by atoms with Gasteiger partial charge in [-0.1, -0.05) is 0 Å². The van der Waals surface area contributed by atoms with E-state index < -0.39 is 0 Å². The molecule has 0 N–H and O–H groups in total. The molecule has 31 heavy (non-hydrogen) atoms. The summed E-state index contributed by atoms with van der Waals surface area (Å²) < 4.78 is 13.3. The molecule has 164 valence electrons. The first-order valence-electron chi connectivity index (χ1n) is 10.5. The molecular weight excluding hydrogens is 412 g/mol. The second-order valence-corrected chi connectivity index (χ2v) is 9.10. The highest BCUT2D eigenvalue weighted by Crippen LogP contribution is 2.30. The minimum atomic E-state index is 0.00314. The summed E-state index contributed by atoms with van der Waals surface area (Å²) in [6.07, 6.45) is 3.60. The molecule has 1 aromatic carbocycles. The van der Waals surface area contributed by atoms with E-state index in [2.05, 4.69) is 15.1 Å². The molecule has 1 aliphatic heterocycles. The van der Waals surface area contributed by atoms with Gasteiger partial charge in [-0.15, -0.1) is 10.2 Å². The van der Waals surface area contributed by atoms with Crippen LogP contribution < -0.4 is 4.74 Å². The number of ketones is 1. The van der Waals surface area contributed by atoms with Crippen LogP contribution in [0.1, 0.15) is 40.1 Å². The summed E-state index contributed by atoms with van der Waals surface area (Å²) in [7, 11) is 3.57. The van der Waals surface area contributed by atoms with Gasteiger partial charge < -0.3 is 13.7 Å². The average molecular weight is 441 g/mol. The number of nitrogens with zero attached hydrogens (tertiary/aromatic N) is 4. The number of carbonyl (C=O) groups excluding carboxylic acids is 1. The van der Waals surface area contributed by atoms with Gasteiger partial charge in [0.05, 0.1) is 13.7 Å². The minimum Gasteiger partial charge on any atom is -0.496 e. The predicted molar refractivity (Wildman–Crippen MR) is 119 cm³/mol. The third-order valence-electron chi connectivity index (χ3n) is 5.70. The molecule has 8 heteroatoms. The average Bonchev–Trinajstić information content (AvgIpc) is 3.36. The molecule has 3 aromatic rings. The van der Waals surface area contributed by atoms with Crippen LogP contribution >= 0.6 is 11.8 Å². The lowest BCUT2D eigenvalue weighted by Crippen LogP contribution is -2.38. The second kappa shape index (κ2) is 9.28. The van der Waals surface area contributed by atoms with Crippen LogP contribution in [0, 0.1) is 19.8 Å². The third kappa shape index (κ3) is 4.85. The number of aryl methyl sites for hydroxylation is 3. The predicted octanol–water partition coefficient (Wildman–Crippen LogP) is 4.28. The smallest absolute Gasteiger partial charge is 0.198 e. The molecule has 1 saturated heterocycles. The van der Waals surface area contributed by atoms with Gasteiger partial charge >= 0.3 is 0 Å². The van der Waals surface area contributed by atoms with Crippen LogP contribution in [0.3, 0.4) is 0 Å². The number of benzene rings is 1. The normalized spacial score (nSPS) is 17.1. The number of aromatic nitrogens is 3. The maximum atomic E-state index is 13.2. The van der Waals surface area contributed by atoms with Gasteiger partial charge in [-0.25, -0.2) is 0 Å². The molecule has 0 amide bonds. The van der Waals surface area contributed by atoms with Gasteiger partial charge in [0.1, 0.15) is 17.8 Å². The van der Waals surface area contributed by atoms with Crippen molar-refractivity contribution in [2.24, 2.45) is 13.0 Å². The van der Waals surface area contributed by atoms with Gasteiger partial charge in [-0.2, -0.15) is 0 Å². The van der Waals surface area contributed by atoms with Crippen LogP contribution in [0.15, 0.2) is 45.3 Å². The van der Waals surface area contributed by atoms with Crippen molar-refractivity contribution in [1.82, 2.24) is 19.7 Å². The van der Waals surface area contributed by atoms with E-state index in [1.807, 2.05) is 49.7 Å². The number of likely N-dealkylation sites (tertiary alicyclic amines) is 1. The third-order valence-corrected chi connectivity index (χ3v) is 6.68. The number of methoxy groups -OCH3 is 1. The fourth-order valence-electron chi connectivity index (χ4n) is 4.24. The van der Waals surface area contributed by atoms with E-state index in [-0.39, 0.29) is 11.7 Å². The van der Waals surface area contributed by atoms with E-state index in [4.69, 9.17) is 9.15 Å². The molecule has 2 aromatic heterocycles. The van der Waals surface area contributed by atoms with Crippen LogP contribution in [0.2, 0.25) is 0 Å². The van der Waals surface area contributed by atoms with E-state index >= 15 is 0 Å². The molecule has 1 fully saturated rings. The SMILES string of the molecule is COc1c(C)cc(C(=O)[C@H]2CCCN(Cc3ccc(Sc4nncn4C)o3)C2)cc1C. The lowest BCUT2D eigenvalue weighted by molar-refractivity contribution is 0.0801. The van der Waals surface area contributed by atoms with E-state index in [1.165, 1.54) is 11.8 Å². The number of hydrogen-bond donors (Lipinski definition) is 0. The Morgan fingerprint density at radius 3 is 2.74 bits per heavy atom. The van der Waals surface area contributed by atoms with Crippen LogP contribution in [0.25, 0.3) is 0 Å². The van der Waals surface area contributed by atoms with Crippen molar-refractivity contribution >= 4 is 17.5 Å². The van der Waals surface area contributed by atoms with Gasteiger partial charge in [0.2, 0.25) is 0 Å². The highest BCUT2D eigenvalue weighted by molar-refractivity contribution is 7.99. The molecule has 1 atom stereocenters. The molecule has 7 nitrogen and oxygen atoms in total. The van der Waals surface area contributed by atoms with Gasteiger partial charge in [0.15, 0.2) is 16.0 Å². The first-order valence-corrected chi connectivity index (χ1v) is 11.3. The number of hydrogen-bond acceptors (Lipinski definition) is 7. The van der Waals surface area contributed by atoms with Crippen molar-refractivity contribution in [1.29, 1.82) is 0 Å². The number of piperidine rings is 1. The molecule has 0 spiro atoms. The molecule has 1 aliphatic rings. The Morgan fingerprint density at radius 2 is 2.06 bits per heavy atom. The Hall–Kier alpha value is -2.58. The summed E-state index contributed by atoms with van der Waals surface area (Å²) in [6.45, 7) is 6.39. The summed E-state index contributed by atoms with van der Waals surface area (Å²) in [5, 5.41) is 9.55. The number of ether oxygens (including phenoxy) is 1. The van der Waals surface area contributed by atoms with E-state index in [0.717, 1.165) is 64.4 Å². The van der Waals surface area contributed by atoms with Crippen molar-refractivity contribution in [3.8, 4) is 5.75 Å². The number of Topliss-reactive ketones (excluding diaryl/α,β-unsaturated/α-hetero) is 1. The maximum Gasteiger partial charge on any atom is 0.198 e. The molecule has 0 aliphatic carbocycles. The lowest BCUT2D eigenvalue weighted by Gasteiger charge is -2.31. The van der Waals surface area contributed by atoms with E-state index in [0.29, 0.717) is 6.54 Å². The monoisotopic (exact) mass is 440 g/mol. The van der Waals surface area contributed by atoms with Crippen molar-refractivity contribution in [3.05, 3.63) is 53.0 Å². The molecule has 0 radical (unpaired) electrons. The topological polar surface area (TPSA) is 73.4 Å². The van der Waals surface area contributed by atoms with Crippen molar-refractivity contribution < 1.29 is 13.9 Å². The largest absolute Gasteiger partial charge is 0.496 e. The van der Waals surface area contributed by atoms with Gasteiger partial charge in [0, 0.05) is 25.1 Å². The second-order valence-electron chi connectivity index (χ2n) is 8.13. The van der Waals surface area contributed by atoms with Gasteiger partial charge in [-0.3, -0.25) is 9.69 Å². The molecule has 4 rings (SSSR count). The maximum absolute atomic E-state index is 13.2. The molecule has 0 saturated carbocycles. The van der Waals surface area contributed by atoms with Crippen LogP contribution in [-0.2, 0) is 13.6 Å². The van der Waals surface area contributed by atoms with Gasteiger partial charge in [-0.05, 0) is 80.4 Å².